The molecule has 1 aromatic heterocycles. The van der Waals surface area contributed by atoms with Gasteiger partial charge in [-0.3, -0.25) is 10.1 Å². The fraction of sp³-hybridized carbons (Fsp3) is 0.150. The van der Waals surface area contributed by atoms with Crippen LogP contribution in [-0.4, -0.2) is 30.2 Å². The van der Waals surface area contributed by atoms with Crippen LogP contribution in [0, 0.1) is 5.82 Å². The number of ether oxygens (including phenoxy) is 2. The number of hydrogen-bond acceptors (Lipinski definition) is 6. The molecule has 0 saturated carbocycles. The van der Waals surface area contributed by atoms with Gasteiger partial charge in [0.25, 0.3) is 5.91 Å². The summed E-state index contributed by atoms with van der Waals surface area (Å²) in [6.07, 6.45) is -0.626. The molecule has 0 aliphatic heterocycles. The number of hydrogen-bond donors (Lipinski definition) is 2. The summed E-state index contributed by atoms with van der Waals surface area (Å²) < 4.78 is 23.2. The fourth-order valence-corrected chi connectivity index (χ4v) is 3.24. The van der Waals surface area contributed by atoms with Crippen molar-refractivity contribution >= 4 is 33.5 Å². The Morgan fingerprint density at radius 2 is 1.79 bits per heavy atom. The van der Waals surface area contributed by atoms with E-state index in [-0.39, 0.29) is 24.2 Å². The van der Waals surface area contributed by atoms with E-state index in [9.17, 15) is 14.0 Å². The summed E-state index contributed by atoms with van der Waals surface area (Å²) >= 11 is 1.10. The topological polar surface area (TPSA) is 89.5 Å². The minimum absolute atomic E-state index is 0.229. The predicted octanol–water partition coefficient (Wildman–Crippen LogP) is 4.54. The first-order chi connectivity index (χ1) is 14.0. The quantitative estimate of drug-likeness (QED) is 0.592. The van der Waals surface area contributed by atoms with Crippen molar-refractivity contribution in [3.8, 4) is 17.0 Å². The average Bonchev–Trinajstić information content (AvgIpc) is 3.10. The first kappa shape index (κ1) is 20.3. The number of aromatic nitrogens is 1. The van der Waals surface area contributed by atoms with Gasteiger partial charge in [0, 0.05) is 5.56 Å². The molecule has 150 valence electrons. The number of benzene rings is 2. The van der Waals surface area contributed by atoms with Crippen LogP contribution in [-0.2, 0) is 9.53 Å². The van der Waals surface area contributed by atoms with Gasteiger partial charge in [-0.25, -0.2) is 14.2 Å². The molecular formula is C20H18FN3O4S. The Balaban J connectivity index is 1.73. The maximum absolute atomic E-state index is 12.9. The highest BCUT2D eigenvalue weighted by Gasteiger charge is 2.17. The van der Waals surface area contributed by atoms with E-state index < -0.39 is 12.0 Å². The molecule has 9 heteroatoms. The summed E-state index contributed by atoms with van der Waals surface area (Å²) in [6, 6.07) is 14.6. The third kappa shape index (κ3) is 5.76. The smallest absolute Gasteiger partial charge is 0.413 e. The molecule has 1 heterocycles. The normalized spacial score (nSPS) is 10.3. The molecule has 2 amide bonds. The van der Waals surface area contributed by atoms with Crippen molar-refractivity contribution in [1.29, 1.82) is 0 Å². The number of carbonyl (C=O) groups is 2. The first-order valence-corrected chi connectivity index (χ1v) is 9.55. The highest BCUT2D eigenvalue weighted by atomic mass is 32.1. The molecule has 0 fully saturated rings. The van der Waals surface area contributed by atoms with Gasteiger partial charge in [0.05, 0.1) is 6.61 Å². The van der Waals surface area contributed by atoms with E-state index in [1.54, 1.807) is 6.92 Å². The zero-order chi connectivity index (χ0) is 20.6. The van der Waals surface area contributed by atoms with Crippen LogP contribution in [0.25, 0.3) is 11.3 Å². The number of thiazole rings is 1. The Kier molecular flexibility index (Phi) is 6.75. The Morgan fingerprint density at radius 1 is 1.07 bits per heavy atom. The SMILES string of the molecule is CCOC(=O)Nc1nc(-c2ccccc2)c(NC(=O)COc2ccc(F)cc2)s1. The third-order valence-electron chi connectivity index (χ3n) is 3.60. The number of nitrogens with one attached hydrogen (secondary N) is 2. The standard InChI is InChI=1S/C20H18FN3O4S/c1-2-27-20(26)24-19-23-17(13-6-4-3-5-7-13)18(29-19)22-16(25)12-28-15-10-8-14(21)9-11-15/h3-11H,2,12H2,1H3,(H,22,25)(H,23,24,26). The molecule has 7 nitrogen and oxygen atoms in total. The molecule has 2 N–H and O–H groups in total. The van der Waals surface area contributed by atoms with E-state index in [4.69, 9.17) is 9.47 Å². The van der Waals surface area contributed by atoms with Gasteiger partial charge in [0.1, 0.15) is 22.3 Å². The van der Waals surface area contributed by atoms with Crippen molar-refractivity contribution in [2.75, 3.05) is 23.8 Å². The van der Waals surface area contributed by atoms with Gasteiger partial charge in [0.2, 0.25) is 0 Å². The van der Waals surface area contributed by atoms with Gasteiger partial charge in [-0.2, -0.15) is 0 Å². The lowest BCUT2D eigenvalue weighted by Crippen LogP contribution is -2.20. The second-order valence-electron chi connectivity index (χ2n) is 5.70. The number of halogens is 1. The van der Waals surface area contributed by atoms with Gasteiger partial charge < -0.3 is 14.8 Å². The van der Waals surface area contributed by atoms with E-state index in [1.807, 2.05) is 30.3 Å². The fourth-order valence-electron chi connectivity index (χ4n) is 2.35. The minimum atomic E-state index is -0.626. The summed E-state index contributed by atoms with van der Waals surface area (Å²) in [5.41, 5.74) is 1.29. The van der Waals surface area contributed by atoms with Crippen molar-refractivity contribution in [3.05, 3.63) is 60.4 Å². The number of nitrogens with zero attached hydrogens (tertiary/aromatic N) is 1. The predicted molar refractivity (Wildman–Crippen MR) is 109 cm³/mol. The van der Waals surface area contributed by atoms with Crippen molar-refractivity contribution in [2.45, 2.75) is 6.92 Å². The lowest BCUT2D eigenvalue weighted by atomic mass is 10.2. The number of anilines is 2. The summed E-state index contributed by atoms with van der Waals surface area (Å²) in [5.74, 6) is -0.433. The van der Waals surface area contributed by atoms with Crippen LogP contribution >= 0.6 is 11.3 Å². The van der Waals surface area contributed by atoms with E-state index >= 15 is 0 Å². The lowest BCUT2D eigenvalue weighted by Gasteiger charge is -2.07. The number of amides is 2. The first-order valence-electron chi connectivity index (χ1n) is 8.73. The molecule has 0 radical (unpaired) electrons. The highest BCUT2D eigenvalue weighted by molar-refractivity contribution is 7.20. The van der Waals surface area contributed by atoms with Crippen LogP contribution in [0.5, 0.6) is 5.75 Å². The molecule has 29 heavy (non-hydrogen) atoms. The summed E-state index contributed by atoms with van der Waals surface area (Å²) in [4.78, 5) is 28.4. The van der Waals surface area contributed by atoms with Crippen molar-refractivity contribution in [3.63, 3.8) is 0 Å². The molecule has 0 atom stereocenters. The van der Waals surface area contributed by atoms with Gasteiger partial charge in [-0.15, -0.1) is 0 Å². The molecule has 3 aromatic rings. The third-order valence-corrected chi connectivity index (χ3v) is 4.48. The maximum atomic E-state index is 12.9. The molecule has 0 aliphatic rings. The molecule has 0 bridgehead atoms. The Hall–Kier alpha value is -3.46. The molecule has 0 saturated heterocycles. The van der Waals surface area contributed by atoms with Crippen molar-refractivity contribution in [2.24, 2.45) is 0 Å². The molecule has 3 rings (SSSR count). The van der Waals surface area contributed by atoms with Crippen LogP contribution < -0.4 is 15.4 Å². The molecule has 2 aromatic carbocycles. The van der Waals surface area contributed by atoms with Gasteiger partial charge in [-0.1, -0.05) is 41.7 Å². The largest absolute Gasteiger partial charge is 0.484 e. The molecular weight excluding hydrogens is 397 g/mol. The molecule has 0 aliphatic carbocycles. The summed E-state index contributed by atoms with van der Waals surface area (Å²) in [5, 5.41) is 6.02. The van der Waals surface area contributed by atoms with E-state index in [1.165, 1.54) is 24.3 Å². The zero-order valence-electron chi connectivity index (χ0n) is 15.5. The summed E-state index contributed by atoms with van der Waals surface area (Å²) in [6.45, 7) is 1.66. The van der Waals surface area contributed by atoms with Crippen LogP contribution in [0.15, 0.2) is 54.6 Å². The zero-order valence-corrected chi connectivity index (χ0v) is 16.3. The van der Waals surface area contributed by atoms with Gasteiger partial charge in [0.15, 0.2) is 11.7 Å². The van der Waals surface area contributed by atoms with Gasteiger partial charge in [-0.05, 0) is 31.2 Å². The van der Waals surface area contributed by atoms with Crippen LogP contribution in [0.4, 0.5) is 19.3 Å². The highest BCUT2D eigenvalue weighted by Crippen LogP contribution is 2.35. The average molecular weight is 415 g/mol. The minimum Gasteiger partial charge on any atom is -0.484 e. The summed E-state index contributed by atoms with van der Waals surface area (Å²) in [7, 11) is 0. The number of carbonyl (C=O) groups excluding carboxylic acids is 2. The van der Waals surface area contributed by atoms with E-state index in [2.05, 4.69) is 15.6 Å². The molecule has 0 unspecified atom stereocenters. The van der Waals surface area contributed by atoms with E-state index in [0.29, 0.717) is 16.4 Å². The monoisotopic (exact) mass is 415 g/mol. The lowest BCUT2D eigenvalue weighted by molar-refractivity contribution is -0.118. The second kappa shape index (κ2) is 9.65. The Labute approximate surface area is 170 Å². The maximum Gasteiger partial charge on any atom is 0.413 e. The number of rotatable bonds is 7. The van der Waals surface area contributed by atoms with Crippen LogP contribution in [0.1, 0.15) is 6.92 Å². The second-order valence-corrected chi connectivity index (χ2v) is 6.70. The Morgan fingerprint density at radius 3 is 2.48 bits per heavy atom. The van der Waals surface area contributed by atoms with Crippen molar-refractivity contribution in [1.82, 2.24) is 4.98 Å². The molecule has 0 spiro atoms. The Bertz CT molecular complexity index is 977. The van der Waals surface area contributed by atoms with Crippen LogP contribution in [0.3, 0.4) is 0 Å². The van der Waals surface area contributed by atoms with E-state index in [0.717, 1.165) is 16.9 Å². The van der Waals surface area contributed by atoms with Crippen molar-refractivity contribution < 1.29 is 23.5 Å². The van der Waals surface area contributed by atoms with Crippen LogP contribution in [0.2, 0.25) is 0 Å². The van der Waals surface area contributed by atoms with Gasteiger partial charge >= 0.3 is 6.09 Å².